The molecule has 0 bridgehead atoms. The lowest BCUT2D eigenvalue weighted by Crippen LogP contribution is -2.48. The lowest BCUT2D eigenvalue weighted by molar-refractivity contribution is -0.128. The van der Waals surface area contributed by atoms with Crippen LogP contribution >= 0.6 is 11.3 Å². The van der Waals surface area contributed by atoms with Crippen LogP contribution < -0.4 is 0 Å². The van der Waals surface area contributed by atoms with Crippen LogP contribution in [0, 0.1) is 5.41 Å². The molecule has 28 heavy (non-hydrogen) atoms. The number of benzene rings is 1. The minimum absolute atomic E-state index is 0.0530. The van der Waals surface area contributed by atoms with Crippen LogP contribution in [0.1, 0.15) is 36.0 Å². The van der Waals surface area contributed by atoms with Crippen LogP contribution in [0.2, 0.25) is 0 Å². The minimum Gasteiger partial charge on any atom is -0.294 e. The molecule has 4 rings (SSSR count). The molecule has 1 aliphatic heterocycles. The van der Waals surface area contributed by atoms with E-state index in [4.69, 9.17) is 0 Å². The van der Waals surface area contributed by atoms with Gasteiger partial charge in [-0.2, -0.15) is 0 Å². The largest absolute Gasteiger partial charge is 0.294 e. The maximum absolute atomic E-state index is 13.4. The van der Waals surface area contributed by atoms with Crippen LogP contribution in [0.3, 0.4) is 0 Å². The van der Waals surface area contributed by atoms with Gasteiger partial charge in [0.1, 0.15) is 0 Å². The van der Waals surface area contributed by atoms with E-state index in [1.54, 1.807) is 17.5 Å². The second-order valence-electron chi connectivity index (χ2n) is 7.88. The fraction of sp³-hybridized carbons (Fsp3) is 0.250. The Morgan fingerprint density at radius 1 is 1.11 bits per heavy atom. The molecule has 3 heterocycles. The van der Waals surface area contributed by atoms with E-state index in [0.717, 1.165) is 24.4 Å². The number of aromatic nitrogens is 1. The molecule has 1 atom stereocenters. The highest BCUT2D eigenvalue weighted by Gasteiger charge is 2.44. The third kappa shape index (κ3) is 3.84. The molecule has 1 unspecified atom stereocenters. The summed E-state index contributed by atoms with van der Waals surface area (Å²) < 4.78 is 0. The highest BCUT2D eigenvalue weighted by Crippen LogP contribution is 2.43. The van der Waals surface area contributed by atoms with Gasteiger partial charge in [-0.3, -0.25) is 14.7 Å². The minimum atomic E-state index is -0.441. The maximum atomic E-state index is 13.4. The molecular weight excluding hydrogens is 364 g/mol. The number of ketones is 1. The highest BCUT2D eigenvalue weighted by atomic mass is 32.1. The van der Waals surface area contributed by atoms with E-state index in [0.29, 0.717) is 0 Å². The maximum Gasteiger partial charge on any atom is 0.167 e. The number of nitrogens with zero attached hydrogens (tertiary/aromatic N) is 2. The summed E-state index contributed by atoms with van der Waals surface area (Å²) in [6, 6.07) is 20.4. The van der Waals surface area contributed by atoms with Gasteiger partial charge in [0.2, 0.25) is 0 Å². The number of carbonyl (C=O) groups is 1. The number of hydrogen-bond donors (Lipinski definition) is 0. The molecule has 0 N–H and O–H groups in total. The zero-order valence-electron chi connectivity index (χ0n) is 16.2. The van der Waals surface area contributed by atoms with Crippen LogP contribution in [0.15, 0.2) is 77.8 Å². The van der Waals surface area contributed by atoms with E-state index in [1.165, 1.54) is 10.4 Å². The van der Waals surface area contributed by atoms with Gasteiger partial charge >= 0.3 is 0 Å². The molecule has 0 radical (unpaired) electrons. The molecule has 0 aliphatic carbocycles. The number of likely N-dealkylation sites (tertiary alicyclic amines) is 1. The first-order valence-corrected chi connectivity index (χ1v) is 10.4. The lowest BCUT2D eigenvalue weighted by Gasteiger charge is -2.44. The quantitative estimate of drug-likeness (QED) is 0.563. The molecule has 1 aliphatic rings. The fourth-order valence-corrected chi connectivity index (χ4v) is 4.77. The van der Waals surface area contributed by atoms with Crippen molar-refractivity contribution in [2.75, 3.05) is 6.54 Å². The predicted octanol–water partition coefficient (Wildman–Crippen LogP) is 5.38. The third-order valence-corrected chi connectivity index (χ3v) is 6.09. The average molecular weight is 389 g/mol. The molecule has 2 aromatic heterocycles. The standard InChI is InChI=1S/C24H24N2OS/c1-24(2)17-26(16-18-9-4-3-5-10-18)22(21-12-8-14-28-21)20(23(24)27)15-19-11-6-7-13-25-19/h3-15,22H,16-17H2,1-2H3/b20-15-. The van der Waals surface area contributed by atoms with Crippen molar-refractivity contribution in [3.8, 4) is 0 Å². The Hall–Kier alpha value is -2.56. The van der Waals surface area contributed by atoms with Gasteiger partial charge in [0.25, 0.3) is 0 Å². The molecule has 0 saturated carbocycles. The van der Waals surface area contributed by atoms with Gasteiger partial charge in [0, 0.05) is 35.2 Å². The summed E-state index contributed by atoms with van der Waals surface area (Å²) in [6.07, 6.45) is 3.75. The normalized spacial score (nSPS) is 21.1. The number of carbonyl (C=O) groups excluding carboxylic acids is 1. The van der Waals surface area contributed by atoms with Gasteiger partial charge in [-0.15, -0.1) is 11.3 Å². The van der Waals surface area contributed by atoms with E-state index in [9.17, 15) is 4.79 Å². The molecule has 1 fully saturated rings. The first kappa shape index (κ1) is 18.8. The summed E-state index contributed by atoms with van der Waals surface area (Å²) in [4.78, 5) is 21.5. The zero-order chi connectivity index (χ0) is 19.6. The molecular formula is C24H24N2OS. The lowest BCUT2D eigenvalue weighted by atomic mass is 9.76. The molecule has 3 aromatic rings. The van der Waals surface area contributed by atoms with Crippen LogP contribution in [0.25, 0.3) is 6.08 Å². The molecule has 0 amide bonds. The third-order valence-electron chi connectivity index (χ3n) is 5.17. The SMILES string of the molecule is CC1(C)CN(Cc2ccccc2)C(c2cccs2)/C(=C/c2ccccn2)C1=O. The Morgan fingerprint density at radius 2 is 1.89 bits per heavy atom. The molecule has 1 aromatic carbocycles. The van der Waals surface area contributed by atoms with Crippen molar-refractivity contribution in [3.63, 3.8) is 0 Å². The van der Waals surface area contributed by atoms with E-state index < -0.39 is 5.41 Å². The number of piperidine rings is 1. The van der Waals surface area contributed by atoms with Gasteiger partial charge in [-0.05, 0) is 35.2 Å². The van der Waals surface area contributed by atoms with E-state index in [2.05, 4.69) is 51.7 Å². The van der Waals surface area contributed by atoms with Crippen LogP contribution in [-0.2, 0) is 11.3 Å². The summed E-state index contributed by atoms with van der Waals surface area (Å²) in [5.41, 5.74) is 2.47. The number of thiophene rings is 1. The van der Waals surface area contributed by atoms with Crippen molar-refractivity contribution in [2.24, 2.45) is 5.41 Å². The average Bonchev–Trinajstić information content (AvgIpc) is 3.21. The summed E-state index contributed by atoms with van der Waals surface area (Å²) in [5.74, 6) is 0.209. The van der Waals surface area contributed by atoms with E-state index in [-0.39, 0.29) is 11.8 Å². The molecule has 0 spiro atoms. The van der Waals surface area contributed by atoms with Crippen molar-refractivity contribution < 1.29 is 4.79 Å². The first-order chi connectivity index (χ1) is 13.5. The molecule has 3 nitrogen and oxygen atoms in total. The van der Waals surface area contributed by atoms with Gasteiger partial charge in [-0.1, -0.05) is 56.3 Å². The molecule has 4 heteroatoms. The predicted molar refractivity (Wildman–Crippen MR) is 115 cm³/mol. The van der Waals surface area contributed by atoms with Crippen molar-refractivity contribution in [1.29, 1.82) is 0 Å². The van der Waals surface area contributed by atoms with E-state index >= 15 is 0 Å². The summed E-state index contributed by atoms with van der Waals surface area (Å²) in [5, 5.41) is 2.08. The fourth-order valence-electron chi connectivity index (χ4n) is 3.89. The van der Waals surface area contributed by atoms with Gasteiger partial charge in [0.05, 0.1) is 11.7 Å². The van der Waals surface area contributed by atoms with Gasteiger partial charge in [-0.25, -0.2) is 0 Å². The zero-order valence-corrected chi connectivity index (χ0v) is 17.0. The molecule has 142 valence electrons. The first-order valence-electron chi connectivity index (χ1n) is 9.53. The summed E-state index contributed by atoms with van der Waals surface area (Å²) >= 11 is 1.71. The number of Topliss-reactive ketones (excluding diaryl/α,β-unsaturated/α-hetero) is 1. The second-order valence-corrected chi connectivity index (χ2v) is 8.86. The number of hydrogen-bond acceptors (Lipinski definition) is 4. The van der Waals surface area contributed by atoms with Crippen molar-refractivity contribution in [2.45, 2.75) is 26.4 Å². The topological polar surface area (TPSA) is 33.2 Å². The Balaban J connectivity index is 1.81. The molecule has 1 saturated heterocycles. The summed E-state index contributed by atoms with van der Waals surface area (Å²) in [7, 11) is 0. The number of pyridine rings is 1. The monoisotopic (exact) mass is 388 g/mol. The Labute approximate surface area is 170 Å². The Kier molecular flexibility index (Phi) is 5.25. The van der Waals surface area contributed by atoms with E-state index in [1.807, 2.05) is 44.2 Å². The van der Waals surface area contributed by atoms with Crippen LogP contribution in [0.4, 0.5) is 0 Å². The van der Waals surface area contributed by atoms with Crippen LogP contribution in [0.5, 0.6) is 0 Å². The number of rotatable bonds is 4. The van der Waals surface area contributed by atoms with Crippen molar-refractivity contribution in [1.82, 2.24) is 9.88 Å². The highest BCUT2D eigenvalue weighted by molar-refractivity contribution is 7.10. The smallest absolute Gasteiger partial charge is 0.167 e. The van der Waals surface area contributed by atoms with Gasteiger partial charge < -0.3 is 0 Å². The Bertz CT molecular complexity index is 962. The summed E-state index contributed by atoms with van der Waals surface area (Å²) in [6.45, 7) is 5.62. The van der Waals surface area contributed by atoms with Crippen LogP contribution in [-0.4, -0.2) is 22.2 Å². The Morgan fingerprint density at radius 3 is 2.57 bits per heavy atom. The van der Waals surface area contributed by atoms with Crippen molar-refractivity contribution in [3.05, 3.63) is 93.9 Å². The van der Waals surface area contributed by atoms with Gasteiger partial charge in [0.15, 0.2) is 5.78 Å². The second kappa shape index (κ2) is 7.82. The van der Waals surface area contributed by atoms with Crippen molar-refractivity contribution >= 4 is 23.2 Å².